The molecule has 4 aromatic rings. The summed E-state index contributed by atoms with van der Waals surface area (Å²) in [6, 6.07) is 6.06. The zero-order valence-electron chi connectivity index (χ0n) is 13.8. The average molecular weight is 351 g/mol. The second kappa shape index (κ2) is 5.73. The summed E-state index contributed by atoms with van der Waals surface area (Å²) in [5.74, 6) is 2.40. The van der Waals surface area contributed by atoms with E-state index in [9.17, 15) is 0 Å². The van der Waals surface area contributed by atoms with Crippen LogP contribution in [0.3, 0.4) is 0 Å². The fourth-order valence-corrected chi connectivity index (χ4v) is 4.26. The van der Waals surface area contributed by atoms with E-state index in [4.69, 9.17) is 0 Å². The van der Waals surface area contributed by atoms with Gasteiger partial charge in [-0.05, 0) is 43.3 Å². The zero-order chi connectivity index (χ0) is 16.8. The summed E-state index contributed by atoms with van der Waals surface area (Å²) in [4.78, 5) is 12.3. The Bertz CT molecular complexity index is 1050. The molecule has 0 aromatic carbocycles. The van der Waals surface area contributed by atoms with Crippen LogP contribution >= 0.6 is 11.3 Å². The third-order valence-corrected chi connectivity index (χ3v) is 5.64. The minimum absolute atomic E-state index is 0.375. The molecule has 0 bridgehead atoms. The Labute approximate surface area is 148 Å². The number of hydrogen-bond acceptors (Lipinski definition) is 7. The molecule has 0 saturated carbocycles. The second-order valence-corrected chi connectivity index (χ2v) is 7.30. The van der Waals surface area contributed by atoms with Gasteiger partial charge in [0.05, 0.1) is 11.1 Å². The van der Waals surface area contributed by atoms with E-state index < -0.39 is 0 Å². The van der Waals surface area contributed by atoms with E-state index in [0.717, 1.165) is 59.1 Å². The predicted octanol–water partition coefficient (Wildman–Crippen LogP) is 2.82. The van der Waals surface area contributed by atoms with E-state index in [2.05, 4.69) is 41.6 Å². The van der Waals surface area contributed by atoms with Crippen LogP contribution in [0.15, 0.2) is 29.9 Å². The van der Waals surface area contributed by atoms with Crippen LogP contribution in [0.4, 0.5) is 5.82 Å². The molecule has 1 saturated heterocycles. The van der Waals surface area contributed by atoms with Crippen LogP contribution < -0.4 is 4.90 Å². The summed E-state index contributed by atoms with van der Waals surface area (Å²) in [7, 11) is 0. The van der Waals surface area contributed by atoms with Crippen LogP contribution in [0.2, 0.25) is 0 Å². The van der Waals surface area contributed by atoms with Crippen molar-refractivity contribution < 1.29 is 0 Å². The van der Waals surface area contributed by atoms with E-state index in [0.29, 0.717) is 5.92 Å². The van der Waals surface area contributed by atoms with Crippen LogP contribution in [0.25, 0.3) is 15.9 Å². The third kappa shape index (κ3) is 2.44. The van der Waals surface area contributed by atoms with Crippen molar-refractivity contribution in [3.8, 4) is 0 Å². The van der Waals surface area contributed by atoms with Gasteiger partial charge in [-0.3, -0.25) is 0 Å². The fraction of sp³-hybridized carbons (Fsp3) is 0.353. The minimum Gasteiger partial charge on any atom is -0.356 e. The van der Waals surface area contributed by atoms with Crippen molar-refractivity contribution in [3.63, 3.8) is 0 Å². The van der Waals surface area contributed by atoms with Gasteiger partial charge in [-0.1, -0.05) is 0 Å². The van der Waals surface area contributed by atoms with Crippen molar-refractivity contribution in [2.45, 2.75) is 25.7 Å². The molecule has 0 aliphatic carbocycles. The van der Waals surface area contributed by atoms with Crippen LogP contribution in [-0.4, -0.2) is 42.9 Å². The fourth-order valence-electron chi connectivity index (χ4n) is 3.53. The lowest BCUT2D eigenvalue weighted by Gasteiger charge is -2.32. The highest BCUT2D eigenvalue weighted by Gasteiger charge is 2.26. The first-order chi connectivity index (χ1) is 12.3. The van der Waals surface area contributed by atoms with Crippen molar-refractivity contribution in [1.82, 2.24) is 29.8 Å². The van der Waals surface area contributed by atoms with Gasteiger partial charge in [-0.15, -0.1) is 21.5 Å². The van der Waals surface area contributed by atoms with E-state index in [1.165, 1.54) is 0 Å². The number of piperidine rings is 1. The van der Waals surface area contributed by atoms with Crippen molar-refractivity contribution in [2.75, 3.05) is 18.0 Å². The molecule has 7 nitrogen and oxygen atoms in total. The molecule has 0 spiro atoms. The second-order valence-electron chi connectivity index (χ2n) is 6.40. The van der Waals surface area contributed by atoms with Crippen molar-refractivity contribution in [1.29, 1.82) is 0 Å². The third-order valence-electron chi connectivity index (χ3n) is 4.82. The van der Waals surface area contributed by atoms with E-state index in [-0.39, 0.29) is 0 Å². The van der Waals surface area contributed by atoms with E-state index >= 15 is 0 Å². The maximum atomic E-state index is 4.58. The minimum atomic E-state index is 0.375. The van der Waals surface area contributed by atoms with Gasteiger partial charge in [-0.25, -0.2) is 9.97 Å². The number of aromatic nitrogens is 6. The molecule has 0 unspecified atom stereocenters. The Hall–Kier alpha value is -2.61. The van der Waals surface area contributed by atoms with Gasteiger partial charge in [0.25, 0.3) is 0 Å². The number of fused-ring (bicyclic) bond motifs is 2. The van der Waals surface area contributed by atoms with E-state index in [1.807, 2.05) is 23.6 Å². The first kappa shape index (κ1) is 14.7. The number of nitrogens with zero attached hydrogens (tertiary/aromatic N) is 7. The molecule has 5 heterocycles. The maximum Gasteiger partial charge on any atom is 0.177 e. The number of aryl methyl sites for hydroxylation is 1. The Morgan fingerprint density at radius 1 is 1.08 bits per heavy atom. The van der Waals surface area contributed by atoms with E-state index in [1.54, 1.807) is 17.7 Å². The highest BCUT2D eigenvalue weighted by molar-refractivity contribution is 7.16. The van der Waals surface area contributed by atoms with Gasteiger partial charge in [0.2, 0.25) is 0 Å². The monoisotopic (exact) mass is 351 g/mol. The van der Waals surface area contributed by atoms with Crippen molar-refractivity contribution in [3.05, 3.63) is 41.4 Å². The van der Waals surface area contributed by atoms with Crippen LogP contribution in [-0.2, 0) is 0 Å². The lowest BCUT2D eigenvalue weighted by Crippen LogP contribution is -2.34. The van der Waals surface area contributed by atoms with Crippen LogP contribution in [0, 0.1) is 6.92 Å². The van der Waals surface area contributed by atoms with Crippen molar-refractivity contribution >= 4 is 33.0 Å². The SMILES string of the molecule is Cc1ccc2nnc(C3CCN(c4ncnc5sccc45)CC3)n2n1. The Kier molecular flexibility index (Phi) is 3.37. The Morgan fingerprint density at radius 3 is 2.84 bits per heavy atom. The molecule has 4 aromatic heterocycles. The Morgan fingerprint density at radius 2 is 1.96 bits per heavy atom. The predicted molar refractivity (Wildman–Crippen MR) is 97.1 cm³/mol. The molecular weight excluding hydrogens is 334 g/mol. The van der Waals surface area contributed by atoms with Gasteiger partial charge in [0, 0.05) is 19.0 Å². The number of anilines is 1. The highest BCUT2D eigenvalue weighted by Crippen LogP contribution is 2.32. The van der Waals surface area contributed by atoms with Crippen LogP contribution in [0.1, 0.15) is 30.3 Å². The van der Waals surface area contributed by atoms with Gasteiger partial charge in [0.15, 0.2) is 11.5 Å². The smallest absolute Gasteiger partial charge is 0.177 e. The molecule has 8 heteroatoms. The summed E-state index contributed by atoms with van der Waals surface area (Å²) in [5.41, 5.74) is 1.80. The molecule has 0 atom stereocenters. The zero-order valence-corrected chi connectivity index (χ0v) is 14.6. The molecule has 1 aliphatic heterocycles. The first-order valence-corrected chi connectivity index (χ1v) is 9.30. The van der Waals surface area contributed by atoms with Gasteiger partial charge < -0.3 is 4.90 Å². The molecule has 5 rings (SSSR count). The number of rotatable bonds is 2. The summed E-state index contributed by atoms with van der Waals surface area (Å²) in [5, 5.41) is 16.5. The lowest BCUT2D eigenvalue weighted by atomic mass is 9.96. The first-order valence-electron chi connectivity index (χ1n) is 8.42. The normalized spacial score (nSPS) is 16.1. The summed E-state index contributed by atoms with van der Waals surface area (Å²) >= 11 is 1.66. The van der Waals surface area contributed by atoms with Crippen molar-refractivity contribution in [2.24, 2.45) is 0 Å². The Balaban J connectivity index is 1.41. The lowest BCUT2D eigenvalue weighted by molar-refractivity contribution is 0.475. The van der Waals surface area contributed by atoms with Gasteiger partial charge in [-0.2, -0.15) is 9.61 Å². The van der Waals surface area contributed by atoms with Gasteiger partial charge in [0.1, 0.15) is 17.0 Å². The molecule has 1 aliphatic rings. The topological polar surface area (TPSA) is 72.1 Å². The molecule has 1 fully saturated rings. The highest BCUT2D eigenvalue weighted by atomic mass is 32.1. The average Bonchev–Trinajstić information content (AvgIpc) is 3.28. The molecule has 0 N–H and O–H groups in total. The maximum absolute atomic E-state index is 4.58. The standard InChI is InChI=1S/C17H17N7S/c1-11-2-3-14-20-21-15(24(14)22-11)12-4-7-23(8-5-12)16-13-6-9-25-17(13)19-10-18-16/h2-3,6,9-10,12H,4-5,7-8H2,1H3. The molecule has 25 heavy (non-hydrogen) atoms. The molecule has 0 amide bonds. The van der Waals surface area contributed by atoms with Crippen LogP contribution in [0.5, 0.6) is 0 Å². The summed E-state index contributed by atoms with van der Waals surface area (Å²) in [6.45, 7) is 3.90. The quantitative estimate of drug-likeness (QED) is 0.553. The number of thiophene rings is 1. The van der Waals surface area contributed by atoms with Gasteiger partial charge >= 0.3 is 0 Å². The molecule has 0 radical (unpaired) electrons. The summed E-state index contributed by atoms with van der Waals surface area (Å²) in [6.07, 6.45) is 3.71. The largest absolute Gasteiger partial charge is 0.356 e. The summed E-state index contributed by atoms with van der Waals surface area (Å²) < 4.78 is 1.90. The molecule has 126 valence electrons. The molecular formula is C17H17N7S. The number of hydrogen-bond donors (Lipinski definition) is 0.